The van der Waals surface area contributed by atoms with Crippen molar-refractivity contribution in [3.63, 3.8) is 0 Å². The molecule has 0 saturated carbocycles. The lowest BCUT2D eigenvalue weighted by atomic mass is 9.96. The largest absolute Gasteiger partial charge is 0.397 e. The molecule has 1 saturated heterocycles. The normalized spacial score (nSPS) is 16.9. The lowest BCUT2D eigenvalue weighted by Gasteiger charge is -2.26. The van der Waals surface area contributed by atoms with Crippen LogP contribution >= 0.6 is 0 Å². The summed E-state index contributed by atoms with van der Waals surface area (Å²) in [4.78, 5) is 0. The smallest absolute Gasteiger partial charge is 0.0580 e. The van der Waals surface area contributed by atoms with Gasteiger partial charge in [0.05, 0.1) is 24.6 Å². The average molecular weight is 178 g/mol. The molecule has 0 bridgehead atoms. The van der Waals surface area contributed by atoms with E-state index in [0.29, 0.717) is 11.6 Å². The van der Waals surface area contributed by atoms with Crippen molar-refractivity contribution in [3.05, 3.63) is 23.8 Å². The molecule has 3 nitrogen and oxygen atoms in total. The molecular formula is C10H14N2O. The summed E-state index contributed by atoms with van der Waals surface area (Å²) in [5, 5.41) is 0. The Morgan fingerprint density at radius 1 is 1.31 bits per heavy atom. The molecule has 1 heterocycles. The molecule has 0 unspecified atom stereocenters. The van der Waals surface area contributed by atoms with E-state index in [2.05, 4.69) is 0 Å². The van der Waals surface area contributed by atoms with Crippen LogP contribution in [0.1, 0.15) is 5.56 Å². The summed E-state index contributed by atoms with van der Waals surface area (Å²) in [5.74, 6) is 0.629. The predicted molar refractivity (Wildman–Crippen MR) is 53.3 cm³/mol. The van der Waals surface area contributed by atoms with E-state index in [1.54, 1.807) is 0 Å². The van der Waals surface area contributed by atoms with E-state index < -0.39 is 0 Å². The molecule has 0 amide bonds. The van der Waals surface area contributed by atoms with Gasteiger partial charge in [0.25, 0.3) is 0 Å². The van der Waals surface area contributed by atoms with Crippen molar-refractivity contribution in [1.82, 2.24) is 0 Å². The van der Waals surface area contributed by atoms with Crippen LogP contribution in [0.4, 0.5) is 11.4 Å². The summed E-state index contributed by atoms with van der Waals surface area (Å²) in [6.45, 7) is 1.71. The third-order valence-electron chi connectivity index (χ3n) is 2.45. The Balaban J connectivity index is 2.14. The zero-order valence-corrected chi connectivity index (χ0v) is 7.49. The highest BCUT2D eigenvalue weighted by Crippen LogP contribution is 2.24. The first-order valence-electron chi connectivity index (χ1n) is 4.48. The summed E-state index contributed by atoms with van der Waals surface area (Å²) < 4.78 is 5.11. The highest BCUT2D eigenvalue weighted by atomic mass is 16.5. The molecule has 3 heteroatoms. The number of ether oxygens (including phenoxy) is 1. The Bertz CT molecular complexity index is 308. The summed E-state index contributed by atoms with van der Waals surface area (Å²) in [5.41, 5.74) is 14.1. The van der Waals surface area contributed by atoms with E-state index >= 15 is 0 Å². The zero-order chi connectivity index (χ0) is 9.26. The molecule has 1 aromatic carbocycles. The number of nitrogen functional groups attached to an aromatic ring is 2. The fourth-order valence-electron chi connectivity index (χ4n) is 1.52. The van der Waals surface area contributed by atoms with Crippen LogP contribution < -0.4 is 11.5 Å². The van der Waals surface area contributed by atoms with Crippen LogP contribution in [0, 0.1) is 5.92 Å². The first kappa shape index (κ1) is 8.38. The van der Waals surface area contributed by atoms with Gasteiger partial charge in [-0.15, -0.1) is 0 Å². The van der Waals surface area contributed by atoms with E-state index in [0.717, 1.165) is 30.9 Å². The maximum Gasteiger partial charge on any atom is 0.0580 e. The van der Waals surface area contributed by atoms with Crippen LogP contribution in [-0.4, -0.2) is 13.2 Å². The fraction of sp³-hybridized carbons (Fsp3) is 0.400. The molecule has 0 radical (unpaired) electrons. The molecule has 0 spiro atoms. The quantitative estimate of drug-likeness (QED) is 0.665. The molecule has 1 aliphatic heterocycles. The number of hydrogen-bond acceptors (Lipinski definition) is 3. The fourth-order valence-corrected chi connectivity index (χ4v) is 1.52. The first-order chi connectivity index (χ1) is 6.27. The van der Waals surface area contributed by atoms with E-state index in [4.69, 9.17) is 16.2 Å². The van der Waals surface area contributed by atoms with E-state index in [1.807, 2.05) is 18.2 Å². The van der Waals surface area contributed by atoms with E-state index in [-0.39, 0.29) is 0 Å². The number of hydrogen-bond donors (Lipinski definition) is 2. The Labute approximate surface area is 77.7 Å². The van der Waals surface area contributed by atoms with Gasteiger partial charge in [0.1, 0.15) is 0 Å². The molecule has 70 valence electrons. The van der Waals surface area contributed by atoms with Crippen molar-refractivity contribution in [3.8, 4) is 0 Å². The zero-order valence-electron chi connectivity index (χ0n) is 7.49. The Hall–Kier alpha value is -1.22. The van der Waals surface area contributed by atoms with Crippen molar-refractivity contribution in [2.45, 2.75) is 6.42 Å². The van der Waals surface area contributed by atoms with Crippen LogP contribution in [0.5, 0.6) is 0 Å². The molecule has 2 rings (SSSR count). The topological polar surface area (TPSA) is 61.3 Å². The molecule has 4 N–H and O–H groups in total. The number of anilines is 2. The third kappa shape index (κ3) is 1.60. The second-order valence-corrected chi connectivity index (χ2v) is 3.53. The standard InChI is InChI=1S/C10H14N2O/c11-9-3-1-2-8(10(9)12)4-7-5-13-6-7/h1-3,7H,4-6,11-12H2. The van der Waals surface area contributed by atoms with Gasteiger partial charge in [-0.25, -0.2) is 0 Å². The Morgan fingerprint density at radius 2 is 2.08 bits per heavy atom. The van der Waals surface area contributed by atoms with Gasteiger partial charge in [-0.05, 0) is 18.1 Å². The monoisotopic (exact) mass is 178 g/mol. The molecule has 1 aliphatic rings. The first-order valence-corrected chi connectivity index (χ1v) is 4.48. The van der Waals surface area contributed by atoms with Crippen molar-refractivity contribution in [2.75, 3.05) is 24.7 Å². The summed E-state index contributed by atoms with van der Waals surface area (Å²) >= 11 is 0. The van der Waals surface area contributed by atoms with Crippen molar-refractivity contribution >= 4 is 11.4 Å². The highest BCUT2D eigenvalue weighted by molar-refractivity contribution is 5.67. The highest BCUT2D eigenvalue weighted by Gasteiger charge is 2.19. The molecular weight excluding hydrogens is 164 g/mol. The molecule has 0 atom stereocenters. The molecule has 0 aromatic heterocycles. The minimum Gasteiger partial charge on any atom is -0.397 e. The number of rotatable bonds is 2. The maximum atomic E-state index is 5.84. The van der Waals surface area contributed by atoms with Gasteiger partial charge in [-0.1, -0.05) is 12.1 Å². The van der Waals surface area contributed by atoms with Gasteiger partial charge >= 0.3 is 0 Å². The predicted octanol–water partition coefficient (Wildman–Crippen LogP) is 1.04. The van der Waals surface area contributed by atoms with Crippen LogP contribution in [0.25, 0.3) is 0 Å². The maximum absolute atomic E-state index is 5.84. The van der Waals surface area contributed by atoms with Crippen molar-refractivity contribution < 1.29 is 4.74 Å². The third-order valence-corrected chi connectivity index (χ3v) is 2.45. The molecule has 1 fully saturated rings. The summed E-state index contributed by atoms with van der Waals surface area (Å²) in [7, 11) is 0. The lowest BCUT2D eigenvalue weighted by Crippen LogP contribution is -2.29. The average Bonchev–Trinajstić information content (AvgIpc) is 2.04. The summed E-state index contributed by atoms with van der Waals surface area (Å²) in [6.07, 6.45) is 0.983. The van der Waals surface area contributed by atoms with Crippen LogP contribution in [0.3, 0.4) is 0 Å². The Kier molecular flexibility index (Phi) is 2.10. The second-order valence-electron chi connectivity index (χ2n) is 3.53. The van der Waals surface area contributed by atoms with Crippen LogP contribution in [-0.2, 0) is 11.2 Å². The lowest BCUT2D eigenvalue weighted by molar-refractivity contribution is -0.0311. The minimum absolute atomic E-state index is 0.629. The second kappa shape index (κ2) is 3.26. The van der Waals surface area contributed by atoms with Gasteiger partial charge in [0.2, 0.25) is 0 Å². The number of nitrogens with two attached hydrogens (primary N) is 2. The number of benzene rings is 1. The van der Waals surface area contributed by atoms with E-state index in [9.17, 15) is 0 Å². The van der Waals surface area contributed by atoms with E-state index in [1.165, 1.54) is 0 Å². The molecule has 0 aliphatic carbocycles. The SMILES string of the molecule is Nc1cccc(CC2COC2)c1N. The molecule has 13 heavy (non-hydrogen) atoms. The van der Waals surface area contributed by atoms with Gasteiger partial charge in [0.15, 0.2) is 0 Å². The van der Waals surface area contributed by atoms with Gasteiger partial charge in [0, 0.05) is 5.92 Å². The Morgan fingerprint density at radius 3 is 2.69 bits per heavy atom. The van der Waals surface area contributed by atoms with Crippen molar-refractivity contribution in [2.24, 2.45) is 5.92 Å². The number of para-hydroxylation sites is 1. The van der Waals surface area contributed by atoms with Gasteiger partial charge < -0.3 is 16.2 Å². The summed E-state index contributed by atoms with van der Waals surface area (Å²) in [6, 6.07) is 5.81. The van der Waals surface area contributed by atoms with Crippen LogP contribution in [0.15, 0.2) is 18.2 Å². The van der Waals surface area contributed by atoms with Gasteiger partial charge in [-0.2, -0.15) is 0 Å². The van der Waals surface area contributed by atoms with Crippen LogP contribution in [0.2, 0.25) is 0 Å². The molecule has 1 aromatic rings. The minimum atomic E-state index is 0.629. The van der Waals surface area contributed by atoms with Crippen molar-refractivity contribution in [1.29, 1.82) is 0 Å². The van der Waals surface area contributed by atoms with Gasteiger partial charge in [-0.3, -0.25) is 0 Å².